The third-order valence-corrected chi connectivity index (χ3v) is 4.07. The van der Waals surface area contributed by atoms with Crippen LogP contribution in [0.1, 0.15) is 24.0 Å². The molecule has 4 heteroatoms. The lowest BCUT2D eigenvalue weighted by Crippen LogP contribution is -2.15. The normalized spacial score (nSPS) is 14.2. The quantitative estimate of drug-likeness (QED) is 0.833. The van der Waals surface area contributed by atoms with Gasteiger partial charge in [0.1, 0.15) is 18.2 Å². The first-order chi connectivity index (χ1) is 10.2. The van der Waals surface area contributed by atoms with E-state index in [2.05, 4.69) is 33.4 Å². The third kappa shape index (κ3) is 4.29. The average Bonchev–Trinajstić information content (AvgIpc) is 3.31. The maximum atomic E-state index is 13.2. The van der Waals surface area contributed by atoms with Crippen molar-refractivity contribution in [2.24, 2.45) is 0 Å². The Balaban J connectivity index is 1.58. The Morgan fingerprint density at radius 2 is 1.95 bits per heavy atom. The molecule has 1 N–H and O–H groups in total. The largest absolute Gasteiger partial charge is 0.489 e. The molecule has 0 aromatic heterocycles. The predicted molar refractivity (Wildman–Crippen MR) is 84.7 cm³/mol. The standard InChI is InChI=1S/C17H17BrFNO/c18-16-9-15(6-7-17(16)19)21-11-13-3-1-2-12(8-13)10-20-14-4-5-14/h1-3,6-9,14,20H,4-5,10-11H2. The van der Waals surface area contributed by atoms with E-state index in [9.17, 15) is 4.39 Å². The van der Waals surface area contributed by atoms with Crippen molar-refractivity contribution in [3.8, 4) is 5.75 Å². The van der Waals surface area contributed by atoms with Crippen molar-refractivity contribution in [3.05, 3.63) is 63.9 Å². The topological polar surface area (TPSA) is 21.3 Å². The van der Waals surface area contributed by atoms with E-state index in [4.69, 9.17) is 4.74 Å². The van der Waals surface area contributed by atoms with Crippen molar-refractivity contribution in [2.75, 3.05) is 0 Å². The molecule has 0 bridgehead atoms. The van der Waals surface area contributed by atoms with Gasteiger partial charge in [-0.15, -0.1) is 0 Å². The molecule has 1 aliphatic carbocycles. The van der Waals surface area contributed by atoms with E-state index in [1.807, 2.05) is 12.1 Å². The van der Waals surface area contributed by atoms with Gasteiger partial charge in [0.15, 0.2) is 0 Å². The first-order valence-corrected chi connectivity index (χ1v) is 7.89. The second kappa shape index (κ2) is 6.58. The van der Waals surface area contributed by atoms with Crippen LogP contribution < -0.4 is 10.1 Å². The SMILES string of the molecule is Fc1ccc(OCc2cccc(CNC3CC3)c2)cc1Br. The molecular formula is C17H17BrFNO. The van der Waals surface area contributed by atoms with Crippen molar-refractivity contribution < 1.29 is 9.13 Å². The molecule has 2 aromatic rings. The molecule has 1 aliphatic rings. The van der Waals surface area contributed by atoms with Gasteiger partial charge in [0.2, 0.25) is 0 Å². The van der Waals surface area contributed by atoms with Crippen LogP contribution >= 0.6 is 15.9 Å². The molecule has 110 valence electrons. The Labute approximate surface area is 132 Å². The second-order valence-electron chi connectivity index (χ2n) is 5.34. The van der Waals surface area contributed by atoms with E-state index in [0.717, 1.165) is 12.1 Å². The van der Waals surface area contributed by atoms with Crippen LogP contribution in [0.2, 0.25) is 0 Å². The van der Waals surface area contributed by atoms with Crippen LogP contribution in [0.3, 0.4) is 0 Å². The summed E-state index contributed by atoms with van der Waals surface area (Å²) in [5.74, 6) is 0.375. The zero-order valence-electron chi connectivity index (χ0n) is 11.6. The van der Waals surface area contributed by atoms with Gasteiger partial charge in [0, 0.05) is 12.6 Å². The molecule has 0 saturated heterocycles. The molecular weight excluding hydrogens is 333 g/mol. The monoisotopic (exact) mass is 349 g/mol. The van der Waals surface area contributed by atoms with Gasteiger partial charge in [-0.1, -0.05) is 24.3 Å². The van der Waals surface area contributed by atoms with Crippen molar-refractivity contribution in [1.82, 2.24) is 5.32 Å². The van der Waals surface area contributed by atoms with E-state index in [-0.39, 0.29) is 5.82 Å². The molecule has 0 heterocycles. The highest BCUT2D eigenvalue weighted by Gasteiger charge is 2.19. The van der Waals surface area contributed by atoms with E-state index in [0.29, 0.717) is 22.9 Å². The van der Waals surface area contributed by atoms with Crippen LogP contribution in [0, 0.1) is 5.82 Å². The summed E-state index contributed by atoms with van der Waals surface area (Å²) < 4.78 is 19.3. The van der Waals surface area contributed by atoms with Crippen LogP contribution in [-0.4, -0.2) is 6.04 Å². The molecule has 0 spiro atoms. The van der Waals surface area contributed by atoms with Crippen molar-refractivity contribution in [3.63, 3.8) is 0 Å². The van der Waals surface area contributed by atoms with Crippen molar-refractivity contribution >= 4 is 15.9 Å². The number of hydrogen-bond donors (Lipinski definition) is 1. The zero-order valence-corrected chi connectivity index (χ0v) is 13.2. The second-order valence-corrected chi connectivity index (χ2v) is 6.19. The number of benzene rings is 2. The van der Waals surface area contributed by atoms with Gasteiger partial charge in [0.05, 0.1) is 4.47 Å². The van der Waals surface area contributed by atoms with Crippen LogP contribution in [0.25, 0.3) is 0 Å². The Morgan fingerprint density at radius 1 is 1.14 bits per heavy atom. The van der Waals surface area contributed by atoms with Crippen LogP contribution in [0.15, 0.2) is 46.9 Å². The molecule has 21 heavy (non-hydrogen) atoms. The molecule has 2 nitrogen and oxygen atoms in total. The van der Waals surface area contributed by atoms with Gasteiger partial charge in [-0.3, -0.25) is 0 Å². The zero-order chi connectivity index (χ0) is 14.7. The van der Waals surface area contributed by atoms with E-state index >= 15 is 0 Å². The summed E-state index contributed by atoms with van der Waals surface area (Å²) in [6.07, 6.45) is 2.59. The summed E-state index contributed by atoms with van der Waals surface area (Å²) in [5.41, 5.74) is 2.38. The number of hydrogen-bond acceptors (Lipinski definition) is 2. The Hall–Kier alpha value is -1.39. The molecule has 1 fully saturated rings. The fourth-order valence-electron chi connectivity index (χ4n) is 2.11. The summed E-state index contributed by atoms with van der Waals surface area (Å²) in [4.78, 5) is 0. The fraction of sp³-hybridized carbons (Fsp3) is 0.294. The minimum absolute atomic E-state index is 0.282. The molecule has 0 aliphatic heterocycles. The molecule has 1 saturated carbocycles. The number of rotatable bonds is 6. The van der Waals surface area contributed by atoms with Crippen LogP contribution in [-0.2, 0) is 13.2 Å². The van der Waals surface area contributed by atoms with Gasteiger partial charge < -0.3 is 10.1 Å². The third-order valence-electron chi connectivity index (χ3n) is 3.46. The van der Waals surface area contributed by atoms with E-state index in [1.54, 1.807) is 12.1 Å². The molecule has 0 atom stereocenters. The van der Waals surface area contributed by atoms with Gasteiger partial charge >= 0.3 is 0 Å². The highest BCUT2D eigenvalue weighted by atomic mass is 79.9. The molecule has 0 unspecified atom stereocenters. The molecule has 3 rings (SSSR count). The molecule has 2 aromatic carbocycles. The Kier molecular flexibility index (Phi) is 4.56. The first-order valence-electron chi connectivity index (χ1n) is 7.10. The Bertz CT molecular complexity index is 628. The fourth-order valence-corrected chi connectivity index (χ4v) is 2.47. The summed E-state index contributed by atoms with van der Waals surface area (Å²) in [6, 6.07) is 13.7. The summed E-state index contributed by atoms with van der Waals surface area (Å²) in [6.45, 7) is 1.38. The van der Waals surface area contributed by atoms with Crippen LogP contribution in [0.5, 0.6) is 5.75 Å². The van der Waals surface area contributed by atoms with Crippen LogP contribution in [0.4, 0.5) is 4.39 Å². The molecule has 0 radical (unpaired) electrons. The van der Waals surface area contributed by atoms with Crippen molar-refractivity contribution in [2.45, 2.75) is 32.0 Å². The lowest BCUT2D eigenvalue weighted by atomic mass is 10.1. The summed E-state index contributed by atoms with van der Waals surface area (Å²) in [5, 5.41) is 3.50. The van der Waals surface area contributed by atoms with E-state index in [1.165, 1.54) is 24.5 Å². The van der Waals surface area contributed by atoms with Gasteiger partial charge in [0.25, 0.3) is 0 Å². The van der Waals surface area contributed by atoms with Crippen molar-refractivity contribution in [1.29, 1.82) is 0 Å². The van der Waals surface area contributed by atoms with E-state index < -0.39 is 0 Å². The number of nitrogens with one attached hydrogen (secondary N) is 1. The highest BCUT2D eigenvalue weighted by molar-refractivity contribution is 9.10. The lowest BCUT2D eigenvalue weighted by molar-refractivity contribution is 0.305. The highest BCUT2D eigenvalue weighted by Crippen LogP contribution is 2.23. The van der Waals surface area contributed by atoms with Gasteiger partial charge in [-0.05, 0) is 58.1 Å². The minimum atomic E-state index is -0.282. The summed E-state index contributed by atoms with van der Waals surface area (Å²) in [7, 11) is 0. The maximum absolute atomic E-state index is 13.2. The first kappa shape index (κ1) is 14.5. The number of ether oxygens (including phenoxy) is 1. The smallest absolute Gasteiger partial charge is 0.137 e. The Morgan fingerprint density at radius 3 is 2.71 bits per heavy atom. The maximum Gasteiger partial charge on any atom is 0.137 e. The predicted octanol–water partition coefficient (Wildman–Crippen LogP) is 4.42. The molecule has 0 amide bonds. The summed E-state index contributed by atoms with van der Waals surface area (Å²) >= 11 is 3.16. The van der Waals surface area contributed by atoms with Gasteiger partial charge in [-0.2, -0.15) is 0 Å². The number of halogens is 2. The average molecular weight is 350 g/mol. The lowest BCUT2D eigenvalue weighted by Gasteiger charge is -2.09. The van der Waals surface area contributed by atoms with Gasteiger partial charge in [-0.25, -0.2) is 4.39 Å². The minimum Gasteiger partial charge on any atom is -0.489 e.